The topological polar surface area (TPSA) is 59.8 Å². The molecule has 0 amide bonds. The van der Waals surface area contributed by atoms with Crippen molar-refractivity contribution in [3.05, 3.63) is 47.2 Å². The normalized spacial score (nSPS) is 16.7. The average Bonchev–Trinajstić information content (AvgIpc) is 2.96. The summed E-state index contributed by atoms with van der Waals surface area (Å²) in [6, 6.07) is 9.77. The second-order valence-electron chi connectivity index (χ2n) is 5.90. The first kappa shape index (κ1) is 16.8. The van der Waals surface area contributed by atoms with Crippen molar-refractivity contribution < 1.29 is 4.79 Å². The van der Waals surface area contributed by atoms with E-state index in [1.165, 1.54) is 0 Å². The van der Waals surface area contributed by atoms with Crippen LogP contribution in [0.25, 0.3) is 0 Å². The second-order valence-corrected chi connectivity index (χ2v) is 6.96. The van der Waals surface area contributed by atoms with Crippen molar-refractivity contribution in [3.8, 4) is 0 Å². The highest BCUT2D eigenvalue weighted by molar-refractivity contribution is 7.99. The molecule has 0 fully saturated rings. The molecule has 1 aliphatic heterocycles. The Morgan fingerprint density at radius 2 is 2.08 bits per heavy atom. The summed E-state index contributed by atoms with van der Waals surface area (Å²) in [5.74, 6) is 1.75. The van der Waals surface area contributed by atoms with E-state index in [1.54, 1.807) is 18.7 Å². The van der Waals surface area contributed by atoms with Gasteiger partial charge in [-0.2, -0.15) is 4.98 Å². The van der Waals surface area contributed by atoms with Gasteiger partial charge in [0.15, 0.2) is 5.78 Å². The first-order valence-corrected chi connectivity index (χ1v) is 9.23. The van der Waals surface area contributed by atoms with Gasteiger partial charge in [-0.3, -0.25) is 4.79 Å². The van der Waals surface area contributed by atoms with Crippen LogP contribution in [0.15, 0.2) is 46.8 Å². The third-order valence-electron chi connectivity index (χ3n) is 4.06. The number of hydrogen-bond acceptors (Lipinski definition) is 5. The van der Waals surface area contributed by atoms with Gasteiger partial charge in [0.1, 0.15) is 6.04 Å². The van der Waals surface area contributed by atoms with E-state index >= 15 is 0 Å². The number of carbonyl (C=O) groups excluding carboxylic acids is 1. The zero-order valence-electron chi connectivity index (χ0n) is 14.2. The maximum Gasteiger partial charge on any atom is 0.227 e. The van der Waals surface area contributed by atoms with Crippen molar-refractivity contribution in [2.24, 2.45) is 0 Å². The number of nitrogens with zero attached hydrogens (tertiary/aromatic N) is 3. The Balaban J connectivity index is 2.02. The van der Waals surface area contributed by atoms with Crippen molar-refractivity contribution in [2.75, 3.05) is 11.1 Å². The van der Waals surface area contributed by atoms with E-state index in [0.29, 0.717) is 5.95 Å². The number of anilines is 1. The minimum atomic E-state index is -0.229. The average molecular weight is 342 g/mol. The standard InChI is InChI=1S/C18H22N4OS/c1-4-5-11-24-18-20-17-19-12(2)15(13(3)23)16(22(17)21-18)14-9-7-6-8-10-14/h6-10,16H,4-5,11H2,1-3H3,(H,19,20,21). The van der Waals surface area contributed by atoms with Crippen LogP contribution in [0.5, 0.6) is 0 Å². The lowest BCUT2D eigenvalue weighted by molar-refractivity contribution is -0.114. The van der Waals surface area contributed by atoms with Crippen molar-refractivity contribution in [3.63, 3.8) is 0 Å². The molecule has 2 heterocycles. The SMILES string of the molecule is CCCCSc1nc2n(n1)C(c1ccccc1)C(C(C)=O)=C(C)N2. The van der Waals surface area contributed by atoms with Gasteiger partial charge in [-0.25, -0.2) is 4.68 Å². The smallest absolute Gasteiger partial charge is 0.227 e. The zero-order chi connectivity index (χ0) is 17.1. The molecule has 0 radical (unpaired) electrons. The predicted molar refractivity (Wildman–Crippen MR) is 97.2 cm³/mol. The van der Waals surface area contributed by atoms with Crippen LogP contribution in [0.1, 0.15) is 45.2 Å². The lowest BCUT2D eigenvalue weighted by atomic mass is 9.93. The zero-order valence-corrected chi connectivity index (χ0v) is 15.1. The predicted octanol–water partition coefficient (Wildman–Crippen LogP) is 4.05. The number of rotatable bonds is 6. The summed E-state index contributed by atoms with van der Waals surface area (Å²) >= 11 is 1.66. The third kappa shape index (κ3) is 3.24. The van der Waals surface area contributed by atoms with Crippen LogP contribution in [0, 0.1) is 0 Å². The van der Waals surface area contributed by atoms with Crippen LogP contribution >= 0.6 is 11.8 Å². The highest BCUT2D eigenvalue weighted by Crippen LogP contribution is 2.36. The molecule has 24 heavy (non-hydrogen) atoms. The Bertz CT molecular complexity index is 767. The summed E-state index contributed by atoms with van der Waals surface area (Å²) in [6.45, 7) is 5.70. The number of hydrogen-bond donors (Lipinski definition) is 1. The molecule has 3 rings (SSSR count). The van der Waals surface area contributed by atoms with Crippen LogP contribution in [0.3, 0.4) is 0 Å². The Labute approximate surface area is 146 Å². The molecule has 1 unspecified atom stereocenters. The number of ketones is 1. The van der Waals surface area contributed by atoms with Gasteiger partial charge in [0.25, 0.3) is 0 Å². The molecule has 0 saturated heterocycles. The largest absolute Gasteiger partial charge is 0.328 e. The summed E-state index contributed by atoms with van der Waals surface area (Å²) in [5.41, 5.74) is 2.63. The van der Waals surface area contributed by atoms with Gasteiger partial charge in [-0.05, 0) is 25.8 Å². The molecule has 2 aromatic rings. The quantitative estimate of drug-likeness (QED) is 0.634. The molecule has 0 bridgehead atoms. The Morgan fingerprint density at radius 3 is 2.75 bits per heavy atom. The first-order valence-electron chi connectivity index (χ1n) is 8.24. The first-order chi connectivity index (χ1) is 11.6. The number of benzene rings is 1. The summed E-state index contributed by atoms with van der Waals surface area (Å²) in [6.07, 6.45) is 2.29. The van der Waals surface area contributed by atoms with Crippen LogP contribution in [-0.4, -0.2) is 26.3 Å². The van der Waals surface area contributed by atoms with Crippen LogP contribution in [0.4, 0.5) is 5.95 Å². The van der Waals surface area contributed by atoms with E-state index < -0.39 is 0 Å². The maximum atomic E-state index is 12.3. The summed E-state index contributed by atoms with van der Waals surface area (Å²) in [5, 5.41) is 8.66. The minimum absolute atomic E-state index is 0.0511. The van der Waals surface area contributed by atoms with Crippen LogP contribution in [-0.2, 0) is 4.79 Å². The summed E-state index contributed by atoms with van der Waals surface area (Å²) in [7, 11) is 0. The fourth-order valence-electron chi connectivity index (χ4n) is 2.90. The molecule has 126 valence electrons. The summed E-state index contributed by atoms with van der Waals surface area (Å²) < 4.78 is 1.84. The van der Waals surface area contributed by atoms with E-state index in [9.17, 15) is 4.79 Å². The monoisotopic (exact) mass is 342 g/mol. The Morgan fingerprint density at radius 1 is 1.33 bits per heavy atom. The van der Waals surface area contributed by atoms with Gasteiger partial charge in [-0.15, -0.1) is 5.10 Å². The Kier molecular flexibility index (Phi) is 5.04. The number of fused-ring (bicyclic) bond motifs is 1. The molecule has 0 spiro atoms. The van der Waals surface area contributed by atoms with Crippen molar-refractivity contribution in [1.29, 1.82) is 0 Å². The molecule has 6 heteroatoms. The highest BCUT2D eigenvalue weighted by Gasteiger charge is 2.32. The van der Waals surface area contributed by atoms with E-state index in [4.69, 9.17) is 0 Å². The fraction of sp³-hybridized carbons (Fsp3) is 0.389. The maximum absolute atomic E-state index is 12.3. The molecule has 1 N–H and O–H groups in total. The number of allylic oxidation sites excluding steroid dienone is 2. The van der Waals surface area contributed by atoms with E-state index in [1.807, 2.05) is 41.9 Å². The Hall–Kier alpha value is -2.08. The molecule has 1 aromatic carbocycles. The van der Waals surface area contributed by atoms with Gasteiger partial charge in [-0.1, -0.05) is 55.4 Å². The van der Waals surface area contributed by atoms with E-state index in [-0.39, 0.29) is 11.8 Å². The number of unbranched alkanes of at least 4 members (excludes halogenated alkanes) is 1. The van der Waals surface area contributed by atoms with Crippen LogP contribution < -0.4 is 5.32 Å². The van der Waals surface area contributed by atoms with Crippen molar-refractivity contribution in [2.45, 2.75) is 44.8 Å². The van der Waals surface area contributed by atoms with Gasteiger partial charge >= 0.3 is 0 Å². The van der Waals surface area contributed by atoms with Crippen LogP contribution in [0.2, 0.25) is 0 Å². The lowest BCUT2D eigenvalue weighted by Crippen LogP contribution is -2.27. The van der Waals surface area contributed by atoms with Gasteiger partial charge in [0, 0.05) is 17.0 Å². The molecule has 1 aliphatic rings. The third-order valence-corrected chi connectivity index (χ3v) is 4.98. The molecule has 5 nitrogen and oxygen atoms in total. The molecule has 0 saturated carbocycles. The number of aromatic nitrogens is 3. The van der Waals surface area contributed by atoms with Gasteiger partial charge in [0.05, 0.1) is 0 Å². The highest BCUT2D eigenvalue weighted by atomic mass is 32.2. The van der Waals surface area contributed by atoms with Gasteiger partial charge < -0.3 is 5.32 Å². The van der Waals surface area contributed by atoms with Crippen molar-refractivity contribution >= 4 is 23.5 Å². The molecule has 1 aromatic heterocycles. The van der Waals surface area contributed by atoms with Crippen molar-refractivity contribution in [1.82, 2.24) is 14.8 Å². The lowest BCUT2D eigenvalue weighted by Gasteiger charge is -2.27. The molecular formula is C18H22N4OS. The number of carbonyl (C=O) groups is 1. The van der Waals surface area contributed by atoms with E-state index in [2.05, 4.69) is 22.3 Å². The fourth-order valence-corrected chi connectivity index (χ4v) is 3.81. The number of Topliss-reactive ketones (excluding diaryl/α,β-unsaturated/α-hetero) is 1. The second kappa shape index (κ2) is 7.21. The molecule has 0 aliphatic carbocycles. The molecular weight excluding hydrogens is 320 g/mol. The number of nitrogens with one attached hydrogen (secondary N) is 1. The van der Waals surface area contributed by atoms with E-state index in [0.717, 1.165) is 40.6 Å². The summed E-state index contributed by atoms with van der Waals surface area (Å²) in [4.78, 5) is 16.9. The minimum Gasteiger partial charge on any atom is -0.328 e. The number of thioether (sulfide) groups is 1. The van der Waals surface area contributed by atoms with Gasteiger partial charge in [0.2, 0.25) is 11.1 Å². The molecule has 1 atom stereocenters.